The van der Waals surface area contributed by atoms with Crippen molar-refractivity contribution < 1.29 is 4.52 Å². The molecule has 1 aromatic heterocycles. The second kappa shape index (κ2) is 6.62. The van der Waals surface area contributed by atoms with Gasteiger partial charge in [-0.15, -0.1) is 11.8 Å². The third-order valence-electron chi connectivity index (χ3n) is 3.40. The van der Waals surface area contributed by atoms with Crippen molar-refractivity contribution in [1.82, 2.24) is 15.5 Å². The van der Waals surface area contributed by atoms with Crippen molar-refractivity contribution in [2.45, 2.75) is 55.8 Å². The molecule has 5 heteroatoms. The van der Waals surface area contributed by atoms with Gasteiger partial charge in [0.05, 0.1) is 5.75 Å². The van der Waals surface area contributed by atoms with Crippen molar-refractivity contribution in [1.29, 1.82) is 0 Å². The first-order valence-corrected chi connectivity index (χ1v) is 8.47. The van der Waals surface area contributed by atoms with Gasteiger partial charge in [0.2, 0.25) is 5.89 Å². The predicted octanol–water partition coefficient (Wildman–Crippen LogP) is 3.74. The molecule has 0 radical (unpaired) electrons. The highest BCUT2D eigenvalue weighted by molar-refractivity contribution is 7.98. The van der Waals surface area contributed by atoms with Crippen LogP contribution in [-0.4, -0.2) is 16.2 Å². The minimum absolute atomic E-state index is 0.501. The molecule has 1 aromatic carbocycles. The zero-order chi connectivity index (χ0) is 14.7. The van der Waals surface area contributed by atoms with Gasteiger partial charge in [-0.05, 0) is 30.5 Å². The average Bonchev–Trinajstić information content (AvgIpc) is 3.22. The molecule has 0 saturated heterocycles. The van der Waals surface area contributed by atoms with Crippen LogP contribution in [0.4, 0.5) is 0 Å². The fraction of sp³-hybridized carbons (Fsp3) is 0.500. The molecule has 2 aromatic rings. The first kappa shape index (κ1) is 14.6. The van der Waals surface area contributed by atoms with Crippen molar-refractivity contribution in [3.63, 3.8) is 0 Å². The molecule has 1 fully saturated rings. The molecule has 0 spiro atoms. The Morgan fingerprint density at radius 1 is 1.38 bits per heavy atom. The summed E-state index contributed by atoms with van der Waals surface area (Å²) in [5, 5.41) is 7.48. The van der Waals surface area contributed by atoms with Crippen LogP contribution in [0.5, 0.6) is 0 Å². The first-order valence-electron chi connectivity index (χ1n) is 7.48. The van der Waals surface area contributed by atoms with E-state index in [1.165, 1.54) is 23.3 Å². The molecule has 1 heterocycles. The van der Waals surface area contributed by atoms with Crippen LogP contribution in [-0.2, 0) is 12.3 Å². The van der Waals surface area contributed by atoms with E-state index in [2.05, 4.69) is 53.6 Å². The second-order valence-electron chi connectivity index (χ2n) is 5.79. The summed E-state index contributed by atoms with van der Waals surface area (Å²) in [6.45, 7) is 5.22. The maximum Gasteiger partial charge on any atom is 0.237 e. The Balaban J connectivity index is 1.55. The van der Waals surface area contributed by atoms with E-state index in [1.807, 2.05) is 0 Å². The lowest BCUT2D eigenvalue weighted by atomic mass is 10.2. The first-order chi connectivity index (χ1) is 10.2. The molecule has 21 heavy (non-hydrogen) atoms. The van der Waals surface area contributed by atoms with Crippen molar-refractivity contribution in [3.8, 4) is 0 Å². The quantitative estimate of drug-likeness (QED) is 0.790. The number of nitrogens with zero attached hydrogens (tertiary/aromatic N) is 2. The molecule has 1 aliphatic carbocycles. The van der Waals surface area contributed by atoms with Crippen LogP contribution in [0.2, 0.25) is 0 Å². The van der Waals surface area contributed by atoms with Gasteiger partial charge >= 0.3 is 0 Å². The summed E-state index contributed by atoms with van der Waals surface area (Å²) >= 11 is 1.74. The third kappa shape index (κ3) is 4.32. The summed E-state index contributed by atoms with van der Waals surface area (Å²) in [6, 6.07) is 9.10. The molecule has 1 aliphatic rings. The molecule has 1 saturated carbocycles. The Bertz CT molecular complexity index is 593. The largest absolute Gasteiger partial charge is 0.338 e. The van der Waals surface area contributed by atoms with E-state index in [0.29, 0.717) is 12.0 Å². The number of benzene rings is 1. The summed E-state index contributed by atoms with van der Waals surface area (Å²) in [6.07, 6.45) is 2.41. The Kier molecular flexibility index (Phi) is 4.60. The van der Waals surface area contributed by atoms with E-state index in [1.54, 1.807) is 11.8 Å². The standard InChI is InChI=1S/C16H21N3OS/c1-11(2)17-9-12-4-3-5-14(8-12)21-10-15-18-16(19-20-15)13-6-7-13/h3-5,8,11,13,17H,6-7,9-10H2,1-2H3. The number of aromatic nitrogens is 2. The lowest BCUT2D eigenvalue weighted by molar-refractivity contribution is 0.385. The van der Waals surface area contributed by atoms with E-state index < -0.39 is 0 Å². The minimum atomic E-state index is 0.501. The van der Waals surface area contributed by atoms with Gasteiger partial charge in [0, 0.05) is 23.4 Å². The molecule has 4 nitrogen and oxygen atoms in total. The third-order valence-corrected chi connectivity index (χ3v) is 4.38. The van der Waals surface area contributed by atoms with E-state index in [-0.39, 0.29) is 0 Å². The molecule has 0 amide bonds. The highest BCUT2D eigenvalue weighted by Gasteiger charge is 2.28. The predicted molar refractivity (Wildman–Crippen MR) is 84.3 cm³/mol. The Hall–Kier alpha value is -1.33. The Labute approximate surface area is 129 Å². The molecule has 3 rings (SSSR count). The SMILES string of the molecule is CC(C)NCc1cccc(SCc2nc(C3CC3)no2)c1. The topological polar surface area (TPSA) is 51.0 Å². The highest BCUT2D eigenvalue weighted by Crippen LogP contribution is 2.38. The van der Waals surface area contributed by atoms with Crippen LogP contribution in [0.1, 0.15) is 49.9 Å². The molecule has 112 valence electrons. The van der Waals surface area contributed by atoms with Crippen LogP contribution in [0.3, 0.4) is 0 Å². The van der Waals surface area contributed by atoms with E-state index in [9.17, 15) is 0 Å². The van der Waals surface area contributed by atoms with Crippen LogP contribution < -0.4 is 5.32 Å². The van der Waals surface area contributed by atoms with Crippen LogP contribution in [0, 0.1) is 0 Å². The zero-order valence-corrected chi connectivity index (χ0v) is 13.3. The lowest BCUT2D eigenvalue weighted by Crippen LogP contribution is -2.21. The van der Waals surface area contributed by atoms with Gasteiger partial charge in [-0.3, -0.25) is 0 Å². The Morgan fingerprint density at radius 3 is 3.00 bits per heavy atom. The fourth-order valence-corrected chi connectivity index (χ4v) is 2.86. The van der Waals surface area contributed by atoms with Crippen LogP contribution in [0.15, 0.2) is 33.7 Å². The van der Waals surface area contributed by atoms with E-state index in [4.69, 9.17) is 4.52 Å². The van der Waals surface area contributed by atoms with Crippen LogP contribution >= 0.6 is 11.8 Å². The molecule has 0 atom stereocenters. The monoisotopic (exact) mass is 303 g/mol. The van der Waals surface area contributed by atoms with E-state index in [0.717, 1.165) is 24.0 Å². The maximum atomic E-state index is 5.30. The fourth-order valence-electron chi connectivity index (χ4n) is 2.05. The zero-order valence-electron chi connectivity index (χ0n) is 12.5. The summed E-state index contributed by atoms with van der Waals surface area (Å²) in [5.41, 5.74) is 1.30. The number of hydrogen-bond donors (Lipinski definition) is 1. The number of nitrogens with one attached hydrogen (secondary N) is 1. The maximum absolute atomic E-state index is 5.30. The summed E-state index contributed by atoms with van der Waals surface area (Å²) in [7, 11) is 0. The van der Waals surface area contributed by atoms with Gasteiger partial charge in [-0.1, -0.05) is 31.1 Å². The summed E-state index contributed by atoms with van der Waals surface area (Å²) in [4.78, 5) is 5.70. The smallest absolute Gasteiger partial charge is 0.237 e. The lowest BCUT2D eigenvalue weighted by Gasteiger charge is -2.09. The van der Waals surface area contributed by atoms with Crippen LogP contribution in [0.25, 0.3) is 0 Å². The van der Waals surface area contributed by atoms with Gasteiger partial charge in [-0.25, -0.2) is 0 Å². The van der Waals surface area contributed by atoms with Gasteiger partial charge in [-0.2, -0.15) is 4.98 Å². The molecule has 0 aliphatic heterocycles. The van der Waals surface area contributed by atoms with Crippen molar-refractivity contribution >= 4 is 11.8 Å². The van der Waals surface area contributed by atoms with Crippen molar-refractivity contribution in [3.05, 3.63) is 41.5 Å². The van der Waals surface area contributed by atoms with Crippen molar-refractivity contribution in [2.75, 3.05) is 0 Å². The van der Waals surface area contributed by atoms with Gasteiger partial charge in [0.25, 0.3) is 0 Å². The second-order valence-corrected chi connectivity index (χ2v) is 6.84. The number of hydrogen-bond acceptors (Lipinski definition) is 5. The number of rotatable bonds is 7. The normalized spacial score (nSPS) is 14.8. The van der Waals surface area contributed by atoms with Gasteiger partial charge in [0.15, 0.2) is 5.82 Å². The molecule has 1 N–H and O–H groups in total. The minimum Gasteiger partial charge on any atom is -0.338 e. The van der Waals surface area contributed by atoms with Gasteiger partial charge < -0.3 is 9.84 Å². The average molecular weight is 303 g/mol. The molecular formula is C16H21N3OS. The number of thioether (sulfide) groups is 1. The van der Waals surface area contributed by atoms with E-state index >= 15 is 0 Å². The van der Waals surface area contributed by atoms with Crippen molar-refractivity contribution in [2.24, 2.45) is 0 Å². The summed E-state index contributed by atoms with van der Waals surface area (Å²) in [5.74, 6) is 2.91. The molecular weight excluding hydrogens is 282 g/mol. The van der Waals surface area contributed by atoms with Gasteiger partial charge in [0.1, 0.15) is 0 Å². The molecule has 0 bridgehead atoms. The highest BCUT2D eigenvalue weighted by atomic mass is 32.2. The summed E-state index contributed by atoms with van der Waals surface area (Å²) < 4.78 is 5.30. The molecule has 0 unspecified atom stereocenters. The Morgan fingerprint density at radius 2 is 2.24 bits per heavy atom.